The normalized spacial score (nSPS) is 20.8. The first-order valence-electron chi connectivity index (χ1n) is 16.7. The lowest BCUT2D eigenvalue weighted by molar-refractivity contribution is -0.185. The Labute approximate surface area is 279 Å². The second-order valence-corrected chi connectivity index (χ2v) is 17.2. The molecular formula is C43H36O2P2. The maximum atomic E-state index is 7.51. The molecular weight excluding hydrogens is 610 g/mol. The van der Waals surface area contributed by atoms with E-state index in [4.69, 9.17) is 9.47 Å². The molecule has 1 spiro atoms. The summed E-state index contributed by atoms with van der Waals surface area (Å²) in [6.45, 7) is 0. The van der Waals surface area contributed by atoms with Gasteiger partial charge in [0.05, 0.1) is 0 Å². The zero-order chi connectivity index (χ0) is 31.2. The Balaban J connectivity index is 1.18. The molecule has 6 aromatic rings. The third kappa shape index (κ3) is 5.02. The van der Waals surface area contributed by atoms with E-state index in [0.29, 0.717) is 11.8 Å². The fourth-order valence-corrected chi connectivity index (χ4v) is 12.9. The zero-order valence-electron chi connectivity index (χ0n) is 26.2. The third-order valence-electron chi connectivity index (χ3n) is 10.1. The predicted molar refractivity (Wildman–Crippen MR) is 198 cm³/mol. The first-order chi connectivity index (χ1) is 23.3. The number of fused-ring (bicyclic) bond motifs is 2. The van der Waals surface area contributed by atoms with Crippen molar-refractivity contribution in [3.63, 3.8) is 0 Å². The number of benzene rings is 6. The van der Waals surface area contributed by atoms with E-state index in [0.717, 1.165) is 37.2 Å². The van der Waals surface area contributed by atoms with E-state index >= 15 is 0 Å². The minimum Gasteiger partial charge on any atom is -0.451 e. The average Bonchev–Trinajstić information content (AvgIpc) is 3.49. The summed E-state index contributed by atoms with van der Waals surface area (Å²) in [6.07, 6.45) is 4.21. The van der Waals surface area contributed by atoms with Crippen LogP contribution in [0.15, 0.2) is 158 Å². The van der Waals surface area contributed by atoms with Crippen molar-refractivity contribution in [2.75, 3.05) is 0 Å². The highest BCUT2D eigenvalue weighted by Crippen LogP contribution is 2.56. The Morgan fingerprint density at radius 3 is 1.09 bits per heavy atom. The molecule has 0 bridgehead atoms. The fourth-order valence-electron chi connectivity index (χ4n) is 8.05. The standard InChI is InChI=1S/C43H36O2P2/c1-5-17-35(18-6-1)46(36-19-7-2-8-20-36)39-25-13-15-31-29-33-27-28-34-30-32-16-14-26-40(42(32)45-43(33,34)44-41(31)39)47(37-21-9-3-10-22-37)38-23-11-4-12-24-38/h1-26,33-34H,27-30H2/t33-,34-,43?/m1/s1. The minimum absolute atomic E-state index is 0.316. The molecule has 230 valence electrons. The van der Waals surface area contributed by atoms with Crippen LogP contribution in [0.4, 0.5) is 0 Å². The van der Waals surface area contributed by atoms with Crippen molar-refractivity contribution < 1.29 is 9.47 Å². The van der Waals surface area contributed by atoms with Gasteiger partial charge >= 0.3 is 0 Å². The van der Waals surface area contributed by atoms with Crippen molar-refractivity contribution in [3.8, 4) is 11.5 Å². The van der Waals surface area contributed by atoms with E-state index in [9.17, 15) is 0 Å². The molecule has 6 aromatic carbocycles. The molecule has 3 aliphatic rings. The topological polar surface area (TPSA) is 18.5 Å². The zero-order valence-corrected chi connectivity index (χ0v) is 28.0. The monoisotopic (exact) mass is 646 g/mol. The lowest BCUT2D eigenvalue weighted by Gasteiger charge is -2.48. The molecule has 0 aromatic heterocycles. The first kappa shape index (κ1) is 29.0. The van der Waals surface area contributed by atoms with Crippen LogP contribution in [0.3, 0.4) is 0 Å². The summed E-state index contributed by atoms with van der Waals surface area (Å²) in [7, 11) is -1.63. The molecule has 47 heavy (non-hydrogen) atoms. The van der Waals surface area contributed by atoms with Crippen LogP contribution in [0.25, 0.3) is 0 Å². The van der Waals surface area contributed by atoms with Crippen LogP contribution >= 0.6 is 15.8 Å². The van der Waals surface area contributed by atoms with Crippen LogP contribution in [0.2, 0.25) is 0 Å². The lowest BCUT2D eigenvalue weighted by atomic mass is 9.83. The summed E-state index contributed by atoms with van der Waals surface area (Å²) in [4.78, 5) is 0. The van der Waals surface area contributed by atoms with E-state index in [1.54, 1.807) is 0 Å². The summed E-state index contributed by atoms with van der Waals surface area (Å²) in [5, 5.41) is 7.91. The van der Waals surface area contributed by atoms with Crippen LogP contribution in [0.1, 0.15) is 24.0 Å². The van der Waals surface area contributed by atoms with Crippen molar-refractivity contribution >= 4 is 47.7 Å². The summed E-state index contributed by atoms with van der Waals surface area (Å²) < 4.78 is 15.0. The molecule has 1 fully saturated rings. The first-order valence-corrected chi connectivity index (χ1v) is 19.4. The number of rotatable bonds is 6. The molecule has 0 unspecified atom stereocenters. The largest absolute Gasteiger partial charge is 0.451 e. The Morgan fingerprint density at radius 2 is 0.745 bits per heavy atom. The third-order valence-corrected chi connectivity index (χ3v) is 15.1. The van der Waals surface area contributed by atoms with Crippen LogP contribution in [-0.4, -0.2) is 5.79 Å². The SMILES string of the molecule is c1ccc(P(c2ccccc2)c2cccc3c2OC24Oc5c(cccc5P(c5ccccc5)c5ccccc5)C[C@H]2CC[C@@H]4C3)cc1. The van der Waals surface area contributed by atoms with Gasteiger partial charge in [-0.2, -0.15) is 0 Å². The van der Waals surface area contributed by atoms with Crippen LogP contribution in [0.5, 0.6) is 11.5 Å². The van der Waals surface area contributed by atoms with E-state index in [2.05, 4.69) is 158 Å². The second kappa shape index (κ2) is 12.1. The van der Waals surface area contributed by atoms with Gasteiger partial charge in [-0.1, -0.05) is 158 Å². The summed E-state index contributed by atoms with van der Waals surface area (Å²) in [5.74, 6) is 2.05. The van der Waals surface area contributed by atoms with Gasteiger partial charge in [0.15, 0.2) is 0 Å². The lowest BCUT2D eigenvalue weighted by Crippen LogP contribution is -2.57. The summed E-state index contributed by atoms with van der Waals surface area (Å²) in [5.41, 5.74) is 2.63. The van der Waals surface area contributed by atoms with Gasteiger partial charge in [-0.3, -0.25) is 0 Å². The van der Waals surface area contributed by atoms with Gasteiger partial charge < -0.3 is 9.47 Å². The van der Waals surface area contributed by atoms with Gasteiger partial charge in [-0.15, -0.1) is 0 Å². The second-order valence-electron chi connectivity index (χ2n) is 12.8. The van der Waals surface area contributed by atoms with Crippen molar-refractivity contribution in [2.45, 2.75) is 31.5 Å². The molecule has 2 aliphatic heterocycles. The highest BCUT2D eigenvalue weighted by atomic mass is 31.1. The van der Waals surface area contributed by atoms with Crippen molar-refractivity contribution in [1.29, 1.82) is 0 Å². The van der Waals surface area contributed by atoms with Crippen molar-refractivity contribution in [3.05, 3.63) is 169 Å². The summed E-state index contributed by atoms with van der Waals surface area (Å²) >= 11 is 0. The Bertz CT molecular complexity index is 1790. The van der Waals surface area contributed by atoms with Gasteiger partial charge in [-0.25, -0.2) is 0 Å². The van der Waals surface area contributed by atoms with E-state index in [-0.39, 0.29) is 0 Å². The molecule has 0 saturated heterocycles. The number of para-hydroxylation sites is 2. The van der Waals surface area contributed by atoms with Gasteiger partial charge in [0.25, 0.3) is 5.79 Å². The molecule has 4 heteroatoms. The molecule has 1 aliphatic carbocycles. The van der Waals surface area contributed by atoms with E-state index in [1.165, 1.54) is 43.0 Å². The van der Waals surface area contributed by atoms with Gasteiger partial charge in [0.2, 0.25) is 0 Å². The number of hydrogen-bond donors (Lipinski definition) is 0. The van der Waals surface area contributed by atoms with E-state index < -0.39 is 21.6 Å². The molecule has 9 rings (SSSR count). The molecule has 0 amide bonds. The smallest absolute Gasteiger partial charge is 0.257 e. The average molecular weight is 647 g/mol. The molecule has 0 radical (unpaired) electrons. The highest BCUT2D eigenvalue weighted by Gasteiger charge is 2.59. The number of hydrogen-bond acceptors (Lipinski definition) is 2. The Hall–Kier alpha value is -4.22. The molecule has 2 heterocycles. The van der Waals surface area contributed by atoms with Crippen LogP contribution in [-0.2, 0) is 12.8 Å². The highest BCUT2D eigenvalue weighted by molar-refractivity contribution is 7.80. The van der Waals surface area contributed by atoms with Gasteiger partial charge in [0.1, 0.15) is 11.5 Å². The molecule has 2 atom stereocenters. The fraction of sp³-hybridized carbons (Fsp3) is 0.163. The molecule has 0 N–H and O–H groups in total. The van der Waals surface area contributed by atoms with Crippen molar-refractivity contribution in [2.24, 2.45) is 11.8 Å². The minimum atomic E-state index is -0.814. The number of ether oxygens (including phenoxy) is 2. The maximum absolute atomic E-state index is 7.51. The Kier molecular flexibility index (Phi) is 7.46. The molecule has 1 saturated carbocycles. The van der Waals surface area contributed by atoms with Gasteiger partial charge in [-0.05, 0) is 73.9 Å². The van der Waals surface area contributed by atoms with Crippen LogP contribution in [0, 0.1) is 11.8 Å². The van der Waals surface area contributed by atoms with Gasteiger partial charge in [0, 0.05) is 22.4 Å². The quantitative estimate of drug-likeness (QED) is 0.175. The maximum Gasteiger partial charge on any atom is 0.257 e. The predicted octanol–water partition coefficient (Wildman–Crippen LogP) is 7.50. The molecule has 2 nitrogen and oxygen atoms in total. The van der Waals surface area contributed by atoms with Crippen LogP contribution < -0.4 is 41.3 Å². The Morgan fingerprint density at radius 1 is 0.404 bits per heavy atom. The van der Waals surface area contributed by atoms with Crippen molar-refractivity contribution in [1.82, 2.24) is 0 Å². The summed E-state index contributed by atoms with van der Waals surface area (Å²) in [6, 6.07) is 57.5. The van der Waals surface area contributed by atoms with E-state index in [1.807, 2.05) is 0 Å².